The normalized spacial score (nSPS) is 12.1. The van der Waals surface area contributed by atoms with Crippen LogP contribution in [0.15, 0.2) is 11.1 Å². The van der Waals surface area contributed by atoms with Crippen molar-refractivity contribution in [2.75, 3.05) is 0 Å². The first-order chi connectivity index (χ1) is 6.75. The summed E-state index contributed by atoms with van der Waals surface area (Å²) in [5.41, 5.74) is -1.24. The fourth-order valence-electron chi connectivity index (χ4n) is 0.935. The van der Waals surface area contributed by atoms with Gasteiger partial charge < -0.3 is 0 Å². The molecule has 0 saturated heterocycles. The van der Waals surface area contributed by atoms with Gasteiger partial charge in [0.1, 0.15) is 8.60 Å². The molecule has 84 valence electrons. The molecular formula is C6H4F3IN2O2S. The van der Waals surface area contributed by atoms with Crippen LogP contribution < -0.4 is 5.14 Å². The lowest BCUT2D eigenvalue weighted by atomic mass is 10.3. The Hall–Kier alpha value is -0.420. The predicted octanol–water partition coefficient (Wildman–Crippen LogP) is 1.41. The lowest BCUT2D eigenvalue weighted by Gasteiger charge is -2.08. The van der Waals surface area contributed by atoms with Gasteiger partial charge in [-0.15, -0.1) is 0 Å². The van der Waals surface area contributed by atoms with Crippen LogP contribution in [-0.2, 0) is 10.0 Å². The quantitative estimate of drug-likeness (QED) is 0.646. The Morgan fingerprint density at radius 3 is 2.33 bits per heavy atom. The van der Waals surface area contributed by atoms with E-state index in [0.717, 1.165) is 0 Å². The summed E-state index contributed by atoms with van der Waals surface area (Å²) in [4.78, 5) is 2.35. The summed E-state index contributed by atoms with van der Waals surface area (Å²) in [5.74, 6) is -1.39. The molecule has 1 rings (SSSR count). The SMILES string of the molecule is NS(=O)(=O)c1c(I)ncc(F)c1C(F)F. The van der Waals surface area contributed by atoms with Crippen LogP contribution in [-0.4, -0.2) is 13.4 Å². The molecule has 1 heterocycles. The molecule has 0 bridgehead atoms. The second-order valence-corrected chi connectivity index (χ2v) is 5.01. The first-order valence-electron chi connectivity index (χ1n) is 3.40. The maximum absolute atomic E-state index is 12.9. The van der Waals surface area contributed by atoms with E-state index in [4.69, 9.17) is 5.14 Å². The predicted molar refractivity (Wildman–Crippen MR) is 53.2 cm³/mol. The highest BCUT2D eigenvalue weighted by Gasteiger charge is 2.28. The van der Waals surface area contributed by atoms with Crippen molar-refractivity contribution in [3.05, 3.63) is 21.3 Å². The Morgan fingerprint density at radius 1 is 1.47 bits per heavy atom. The topological polar surface area (TPSA) is 73.1 Å². The lowest BCUT2D eigenvalue weighted by Crippen LogP contribution is -2.18. The minimum atomic E-state index is -4.42. The highest BCUT2D eigenvalue weighted by molar-refractivity contribution is 14.1. The van der Waals surface area contributed by atoms with Crippen LogP contribution in [0.2, 0.25) is 0 Å². The Balaban J connectivity index is 3.68. The highest BCUT2D eigenvalue weighted by Crippen LogP contribution is 2.30. The minimum absolute atomic E-state index is 0.285. The van der Waals surface area contributed by atoms with Crippen molar-refractivity contribution in [3.8, 4) is 0 Å². The van der Waals surface area contributed by atoms with E-state index in [2.05, 4.69) is 4.98 Å². The van der Waals surface area contributed by atoms with E-state index in [1.54, 1.807) is 0 Å². The molecular weight excluding hydrogens is 348 g/mol. The van der Waals surface area contributed by atoms with Gasteiger partial charge in [-0.2, -0.15) is 0 Å². The van der Waals surface area contributed by atoms with Crippen LogP contribution in [0.4, 0.5) is 13.2 Å². The molecule has 0 spiro atoms. The molecule has 9 heteroatoms. The maximum Gasteiger partial charge on any atom is 0.268 e. The molecule has 0 aliphatic rings. The largest absolute Gasteiger partial charge is 0.268 e. The fraction of sp³-hybridized carbons (Fsp3) is 0.167. The van der Waals surface area contributed by atoms with Crippen LogP contribution in [0.25, 0.3) is 0 Å². The molecule has 0 radical (unpaired) electrons. The molecule has 0 saturated carbocycles. The van der Waals surface area contributed by atoms with Crippen molar-refractivity contribution in [1.29, 1.82) is 0 Å². The molecule has 1 aromatic heterocycles. The van der Waals surface area contributed by atoms with E-state index < -0.39 is 32.7 Å². The van der Waals surface area contributed by atoms with Gasteiger partial charge in [-0.1, -0.05) is 0 Å². The molecule has 0 aromatic carbocycles. The smallest absolute Gasteiger partial charge is 0.246 e. The summed E-state index contributed by atoms with van der Waals surface area (Å²) >= 11 is 1.39. The molecule has 4 nitrogen and oxygen atoms in total. The number of nitrogens with zero attached hydrogens (tertiary/aromatic N) is 1. The molecule has 0 fully saturated rings. The van der Waals surface area contributed by atoms with E-state index in [0.29, 0.717) is 6.20 Å². The summed E-state index contributed by atoms with van der Waals surface area (Å²) in [6, 6.07) is 0. The average Bonchev–Trinajstić information content (AvgIpc) is 2.05. The van der Waals surface area contributed by atoms with E-state index in [1.165, 1.54) is 22.6 Å². The van der Waals surface area contributed by atoms with Gasteiger partial charge >= 0.3 is 0 Å². The summed E-state index contributed by atoms with van der Waals surface area (Å²) in [6.45, 7) is 0. The number of hydrogen-bond acceptors (Lipinski definition) is 3. The number of nitrogens with two attached hydrogens (primary N) is 1. The molecule has 0 amide bonds. The lowest BCUT2D eigenvalue weighted by molar-refractivity contribution is 0.142. The van der Waals surface area contributed by atoms with Gasteiger partial charge in [-0.05, 0) is 22.6 Å². The van der Waals surface area contributed by atoms with Crippen LogP contribution in [0.5, 0.6) is 0 Å². The third-order valence-electron chi connectivity index (χ3n) is 1.48. The second kappa shape index (κ2) is 4.22. The summed E-state index contributed by atoms with van der Waals surface area (Å²) < 4.78 is 59.4. The summed E-state index contributed by atoms with van der Waals surface area (Å²) in [6.07, 6.45) is -2.74. The fourth-order valence-corrected chi connectivity index (χ4v) is 3.07. The van der Waals surface area contributed by atoms with Crippen LogP contribution >= 0.6 is 22.6 Å². The number of aromatic nitrogens is 1. The Morgan fingerprint density at radius 2 is 2.00 bits per heavy atom. The molecule has 0 atom stereocenters. The highest BCUT2D eigenvalue weighted by atomic mass is 127. The van der Waals surface area contributed by atoms with Gasteiger partial charge in [0.2, 0.25) is 10.0 Å². The third-order valence-corrected chi connectivity index (χ3v) is 3.65. The molecule has 15 heavy (non-hydrogen) atoms. The molecule has 1 aromatic rings. The number of hydrogen-bond donors (Lipinski definition) is 1. The monoisotopic (exact) mass is 352 g/mol. The first-order valence-corrected chi connectivity index (χ1v) is 6.02. The van der Waals surface area contributed by atoms with Crippen molar-refractivity contribution < 1.29 is 21.6 Å². The van der Waals surface area contributed by atoms with Crippen molar-refractivity contribution in [2.24, 2.45) is 5.14 Å². The van der Waals surface area contributed by atoms with E-state index in [1.807, 2.05) is 0 Å². The maximum atomic E-state index is 12.9. The van der Waals surface area contributed by atoms with Gasteiger partial charge in [-0.25, -0.2) is 31.7 Å². The molecule has 0 aliphatic heterocycles. The zero-order valence-electron chi connectivity index (χ0n) is 6.92. The summed E-state index contributed by atoms with van der Waals surface area (Å²) in [5, 5.41) is 4.69. The third kappa shape index (κ3) is 2.58. The van der Waals surface area contributed by atoms with E-state index in [9.17, 15) is 21.6 Å². The van der Waals surface area contributed by atoms with Crippen molar-refractivity contribution in [2.45, 2.75) is 11.3 Å². The van der Waals surface area contributed by atoms with Gasteiger partial charge in [0.05, 0.1) is 11.8 Å². The van der Waals surface area contributed by atoms with Crippen LogP contribution in [0, 0.1) is 9.52 Å². The Labute approximate surface area is 96.9 Å². The van der Waals surface area contributed by atoms with Gasteiger partial charge in [0.25, 0.3) is 6.43 Å². The molecule has 2 N–H and O–H groups in total. The number of alkyl halides is 2. The van der Waals surface area contributed by atoms with Crippen molar-refractivity contribution >= 4 is 32.6 Å². The summed E-state index contributed by atoms with van der Waals surface area (Å²) in [7, 11) is -4.42. The van der Waals surface area contributed by atoms with Gasteiger partial charge in [0.15, 0.2) is 5.82 Å². The molecule has 0 unspecified atom stereocenters. The number of rotatable bonds is 2. The van der Waals surface area contributed by atoms with Gasteiger partial charge in [-0.3, -0.25) is 0 Å². The average molecular weight is 352 g/mol. The number of sulfonamides is 1. The number of primary sulfonamides is 1. The number of pyridine rings is 1. The standard InChI is InChI=1S/C6H4F3IN2O2S/c7-2-1-12-6(10)4(15(11,13)14)3(2)5(8)9/h1,5H,(H2,11,13,14). The molecule has 0 aliphatic carbocycles. The van der Waals surface area contributed by atoms with Crippen LogP contribution in [0.1, 0.15) is 12.0 Å². The Kier molecular flexibility index (Phi) is 3.55. The number of halogens is 4. The zero-order valence-corrected chi connectivity index (χ0v) is 9.89. The van der Waals surface area contributed by atoms with Crippen molar-refractivity contribution in [3.63, 3.8) is 0 Å². The van der Waals surface area contributed by atoms with Gasteiger partial charge in [0, 0.05) is 0 Å². The Bertz CT molecular complexity index is 491. The van der Waals surface area contributed by atoms with Crippen molar-refractivity contribution in [1.82, 2.24) is 4.98 Å². The van der Waals surface area contributed by atoms with E-state index in [-0.39, 0.29) is 3.70 Å². The second-order valence-electron chi connectivity index (χ2n) is 2.49. The minimum Gasteiger partial charge on any atom is -0.246 e. The zero-order chi connectivity index (χ0) is 11.8. The first kappa shape index (κ1) is 12.6. The van der Waals surface area contributed by atoms with Crippen LogP contribution in [0.3, 0.4) is 0 Å². The van der Waals surface area contributed by atoms with E-state index >= 15 is 0 Å².